The van der Waals surface area contributed by atoms with Crippen molar-refractivity contribution in [2.45, 2.75) is 464 Å². The second kappa shape index (κ2) is 75.9. The number of ether oxygens (including phenoxy) is 4. The smallest absolute Gasteiger partial charge is 0.462 e. The first-order valence-electron chi connectivity index (χ1n) is 43.2. The van der Waals surface area contributed by atoms with Crippen LogP contribution in [0.25, 0.3) is 0 Å². The van der Waals surface area contributed by atoms with Crippen molar-refractivity contribution in [3.8, 4) is 0 Å². The standard InChI is InChI=1S/C83H162O17P2/c1-6-10-13-16-19-22-25-28-31-33-35-36-38-40-43-46-49-52-59-64-69-82(87)99-78(72-93-80(85)66-61-56-50-47-44-42-39-37-34-32-29-26-23-20-17-14-11-7-2)74-97-101(89,90)95-70-77(84)71-96-102(91,92)98-75-79(73-94-81(86)67-62-57-54-53-55-60-65-76(5)9-4)100-83(88)68-63-58-51-48-45-41-30-27-24-21-18-15-12-8-3/h76-79,84H,6-75H2,1-5H3,(H,89,90)(H,91,92)/t76?,77-,78-,79-/m1/s1. The molecule has 0 radical (unpaired) electrons. The van der Waals surface area contributed by atoms with E-state index in [2.05, 4.69) is 34.6 Å². The van der Waals surface area contributed by atoms with Crippen molar-refractivity contribution >= 4 is 39.5 Å². The molecule has 0 aliphatic heterocycles. The Morgan fingerprint density at radius 3 is 0.696 bits per heavy atom. The molecule has 0 saturated heterocycles. The fraction of sp³-hybridized carbons (Fsp3) is 0.952. The largest absolute Gasteiger partial charge is 0.472 e. The number of carbonyl (C=O) groups excluding carboxylic acids is 4. The average Bonchev–Trinajstić information content (AvgIpc) is 0.933. The van der Waals surface area contributed by atoms with Gasteiger partial charge in [-0.25, -0.2) is 9.13 Å². The van der Waals surface area contributed by atoms with Gasteiger partial charge in [0.15, 0.2) is 12.2 Å². The average molecular weight is 1490 g/mol. The summed E-state index contributed by atoms with van der Waals surface area (Å²) in [5.41, 5.74) is 0. The normalized spacial score (nSPS) is 14.1. The van der Waals surface area contributed by atoms with Crippen LogP contribution < -0.4 is 0 Å². The molecule has 0 aromatic heterocycles. The van der Waals surface area contributed by atoms with Gasteiger partial charge in [-0.1, -0.05) is 394 Å². The summed E-state index contributed by atoms with van der Waals surface area (Å²) in [7, 11) is -9.92. The lowest BCUT2D eigenvalue weighted by molar-refractivity contribution is -0.161. The number of phosphoric ester groups is 2. The lowest BCUT2D eigenvalue weighted by atomic mass is 10.00. The number of hydrogen-bond donors (Lipinski definition) is 3. The lowest BCUT2D eigenvalue weighted by Gasteiger charge is -2.21. The molecule has 3 N–H and O–H groups in total. The number of esters is 4. The van der Waals surface area contributed by atoms with Crippen LogP contribution in [0.5, 0.6) is 0 Å². The van der Waals surface area contributed by atoms with E-state index in [9.17, 15) is 43.2 Å². The predicted molar refractivity (Wildman–Crippen MR) is 418 cm³/mol. The van der Waals surface area contributed by atoms with Gasteiger partial charge in [0.05, 0.1) is 26.4 Å². The predicted octanol–water partition coefficient (Wildman–Crippen LogP) is 25.2. The number of unbranched alkanes of at least 4 members (excludes halogenated alkanes) is 54. The maximum Gasteiger partial charge on any atom is 0.472 e. The topological polar surface area (TPSA) is 237 Å². The molecule has 0 amide bonds. The van der Waals surface area contributed by atoms with Gasteiger partial charge >= 0.3 is 39.5 Å². The van der Waals surface area contributed by atoms with E-state index in [1.807, 2.05) is 0 Å². The van der Waals surface area contributed by atoms with Gasteiger partial charge < -0.3 is 33.8 Å². The Kier molecular flexibility index (Phi) is 74.4. The molecule has 0 aliphatic rings. The summed E-state index contributed by atoms with van der Waals surface area (Å²) in [6, 6.07) is 0. The quantitative estimate of drug-likeness (QED) is 0.0222. The number of rotatable bonds is 83. The monoisotopic (exact) mass is 1490 g/mol. The number of aliphatic hydroxyl groups is 1. The molecule has 3 unspecified atom stereocenters. The molecule has 17 nitrogen and oxygen atoms in total. The maximum absolute atomic E-state index is 13.1. The Balaban J connectivity index is 5.23. The van der Waals surface area contributed by atoms with Gasteiger partial charge in [-0.05, 0) is 31.6 Å². The van der Waals surface area contributed by atoms with Crippen molar-refractivity contribution < 1.29 is 80.2 Å². The van der Waals surface area contributed by atoms with Crippen LogP contribution in [0.1, 0.15) is 446 Å². The molecule has 6 atom stereocenters. The van der Waals surface area contributed by atoms with Crippen molar-refractivity contribution in [2.75, 3.05) is 39.6 Å². The third kappa shape index (κ3) is 74.9. The summed E-state index contributed by atoms with van der Waals surface area (Å²) in [5, 5.41) is 10.7. The molecule has 0 aromatic rings. The Bertz CT molecular complexity index is 1950. The van der Waals surface area contributed by atoms with E-state index in [1.54, 1.807) is 0 Å². The zero-order chi connectivity index (χ0) is 74.8. The van der Waals surface area contributed by atoms with Crippen molar-refractivity contribution in [3.63, 3.8) is 0 Å². The van der Waals surface area contributed by atoms with E-state index in [0.717, 1.165) is 102 Å². The van der Waals surface area contributed by atoms with Gasteiger partial charge in [-0.15, -0.1) is 0 Å². The highest BCUT2D eigenvalue weighted by Crippen LogP contribution is 2.45. The van der Waals surface area contributed by atoms with Crippen LogP contribution in [0.2, 0.25) is 0 Å². The first-order chi connectivity index (χ1) is 49.6. The molecule has 0 aromatic carbocycles. The second-order valence-electron chi connectivity index (χ2n) is 30.1. The fourth-order valence-corrected chi connectivity index (χ4v) is 14.5. The number of carbonyl (C=O) groups is 4. The molecule has 19 heteroatoms. The van der Waals surface area contributed by atoms with Crippen LogP contribution in [-0.2, 0) is 65.4 Å². The van der Waals surface area contributed by atoms with Gasteiger partial charge in [0.2, 0.25) is 0 Å². The second-order valence-corrected chi connectivity index (χ2v) is 33.0. The van der Waals surface area contributed by atoms with Crippen LogP contribution in [0, 0.1) is 5.92 Å². The van der Waals surface area contributed by atoms with E-state index >= 15 is 0 Å². The van der Waals surface area contributed by atoms with E-state index in [1.165, 1.54) is 263 Å². The highest BCUT2D eigenvalue weighted by molar-refractivity contribution is 7.47. The van der Waals surface area contributed by atoms with E-state index in [0.29, 0.717) is 25.7 Å². The SMILES string of the molecule is CCCCCCCCCCCCCCCCCCCCCCC(=O)O[C@H](COC(=O)CCCCCCCCCCCCCCCCCCCC)COP(=O)(O)OC[C@@H](O)COP(=O)(O)OC[C@@H](COC(=O)CCCCCCCCC(C)CC)OC(=O)CCCCCCCCCCCCCCCC. The van der Waals surface area contributed by atoms with E-state index < -0.39 is 97.5 Å². The summed E-state index contributed by atoms with van der Waals surface area (Å²) in [4.78, 5) is 73.1. The van der Waals surface area contributed by atoms with Crippen molar-refractivity contribution in [1.82, 2.24) is 0 Å². The maximum atomic E-state index is 13.1. The fourth-order valence-electron chi connectivity index (χ4n) is 12.9. The molecule has 0 spiro atoms. The highest BCUT2D eigenvalue weighted by atomic mass is 31.2. The molecule has 0 rings (SSSR count). The molecular weight excluding hydrogens is 1330 g/mol. The zero-order valence-electron chi connectivity index (χ0n) is 66.8. The first kappa shape index (κ1) is 100. The van der Waals surface area contributed by atoms with Gasteiger partial charge in [0.25, 0.3) is 0 Å². The summed E-state index contributed by atoms with van der Waals surface area (Å²) >= 11 is 0. The molecule has 102 heavy (non-hydrogen) atoms. The Labute approximate surface area is 626 Å². The van der Waals surface area contributed by atoms with Crippen LogP contribution in [0.3, 0.4) is 0 Å². The Morgan fingerprint density at radius 1 is 0.275 bits per heavy atom. The van der Waals surface area contributed by atoms with Crippen molar-refractivity contribution in [1.29, 1.82) is 0 Å². The number of phosphoric acid groups is 2. The van der Waals surface area contributed by atoms with E-state index in [-0.39, 0.29) is 25.7 Å². The van der Waals surface area contributed by atoms with Crippen LogP contribution in [0.4, 0.5) is 0 Å². The van der Waals surface area contributed by atoms with Crippen molar-refractivity contribution in [2.24, 2.45) is 5.92 Å². The number of aliphatic hydroxyl groups excluding tert-OH is 1. The van der Waals surface area contributed by atoms with Crippen molar-refractivity contribution in [3.05, 3.63) is 0 Å². The minimum Gasteiger partial charge on any atom is -0.462 e. The molecule has 0 bridgehead atoms. The first-order valence-corrected chi connectivity index (χ1v) is 46.2. The highest BCUT2D eigenvalue weighted by Gasteiger charge is 2.30. The Morgan fingerprint density at radius 2 is 0.471 bits per heavy atom. The van der Waals surface area contributed by atoms with Crippen LogP contribution >= 0.6 is 15.6 Å². The third-order valence-electron chi connectivity index (χ3n) is 19.9. The molecular formula is C83H162O17P2. The van der Waals surface area contributed by atoms with Gasteiger partial charge in [-0.3, -0.25) is 37.3 Å². The minimum atomic E-state index is -4.96. The Hall–Kier alpha value is -1.94. The summed E-state index contributed by atoms with van der Waals surface area (Å²) in [6.07, 6.45) is 68.1. The van der Waals surface area contributed by atoms with E-state index in [4.69, 9.17) is 37.0 Å². The van der Waals surface area contributed by atoms with Gasteiger partial charge in [0.1, 0.15) is 19.3 Å². The molecule has 0 saturated carbocycles. The van der Waals surface area contributed by atoms with Gasteiger partial charge in [-0.2, -0.15) is 0 Å². The molecule has 0 fully saturated rings. The minimum absolute atomic E-state index is 0.107. The molecule has 606 valence electrons. The number of hydrogen-bond acceptors (Lipinski definition) is 15. The zero-order valence-corrected chi connectivity index (χ0v) is 68.5. The molecule has 0 aliphatic carbocycles. The third-order valence-corrected chi connectivity index (χ3v) is 21.8. The summed E-state index contributed by atoms with van der Waals surface area (Å²) in [5.74, 6) is -1.37. The van der Waals surface area contributed by atoms with Gasteiger partial charge in [0, 0.05) is 25.7 Å². The van der Waals surface area contributed by atoms with Crippen LogP contribution in [-0.4, -0.2) is 96.7 Å². The lowest BCUT2D eigenvalue weighted by Crippen LogP contribution is -2.30. The summed E-state index contributed by atoms with van der Waals surface area (Å²) in [6.45, 7) is 7.31. The summed E-state index contributed by atoms with van der Waals surface area (Å²) < 4.78 is 68.8. The van der Waals surface area contributed by atoms with Crippen LogP contribution in [0.15, 0.2) is 0 Å². The molecule has 0 heterocycles.